The molecular formula is C16H26N2O4. The highest BCUT2D eigenvalue weighted by Crippen LogP contribution is 2.28. The second-order valence-electron chi connectivity index (χ2n) is 5.20. The monoisotopic (exact) mass is 310 g/mol. The molecule has 1 aromatic carbocycles. The van der Waals surface area contributed by atoms with Crippen LogP contribution in [0.4, 0.5) is 0 Å². The van der Waals surface area contributed by atoms with E-state index in [0.29, 0.717) is 31.1 Å². The molecule has 1 unspecified atom stereocenters. The molecule has 0 aliphatic carbocycles. The smallest absolute Gasteiger partial charge is 0.323 e. The number of hydrogen-bond donors (Lipinski definition) is 1. The Kier molecular flexibility index (Phi) is 7.70. The molecule has 0 spiro atoms. The van der Waals surface area contributed by atoms with Crippen molar-refractivity contribution in [3.05, 3.63) is 23.8 Å². The van der Waals surface area contributed by atoms with Crippen LogP contribution in [-0.2, 0) is 16.0 Å². The maximum absolute atomic E-state index is 11.6. The number of carbonyl (C=O) groups is 1. The van der Waals surface area contributed by atoms with Gasteiger partial charge in [-0.15, -0.1) is 0 Å². The fourth-order valence-electron chi connectivity index (χ4n) is 1.88. The molecule has 0 radical (unpaired) electrons. The van der Waals surface area contributed by atoms with E-state index in [2.05, 4.69) is 0 Å². The van der Waals surface area contributed by atoms with E-state index in [-0.39, 0.29) is 0 Å². The molecule has 124 valence electrons. The van der Waals surface area contributed by atoms with Crippen LogP contribution in [0, 0.1) is 0 Å². The summed E-state index contributed by atoms with van der Waals surface area (Å²) in [5, 5.41) is 0. The molecule has 0 heterocycles. The predicted molar refractivity (Wildman–Crippen MR) is 85.4 cm³/mol. The first-order valence-corrected chi connectivity index (χ1v) is 7.34. The lowest BCUT2D eigenvalue weighted by Crippen LogP contribution is -2.34. The van der Waals surface area contributed by atoms with Crippen LogP contribution in [0.1, 0.15) is 12.5 Å². The molecule has 0 aliphatic rings. The van der Waals surface area contributed by atoms with Gasteiger partial charge in [-0.05, 0) is 45.1 Å². The molecule has 0 bridgehead atoms. The molecule has 6 nitrogen and oxygen atoms in total. The van der Waals surface area contributed by atoms with Crippen LogP contribution in [-0.4, -0.2) is 57.9 Å². The number of likely N-dealkylation sites (N-methyl/N-ethyl adjacent to an activating group) is 1. The fraction of sp³-hybridized carbons (Fsp3) is 0.562. The molecule has 6 heteroatoms. The van der Waals surface area contributed by atoms with Crippen LogP contribution < -0.4 is 15.2 Å². The van der Waals surface area contributed by atoms with Gasteiger partial charge >= 0.3 is 5.97 Å². The number of methoxy groups -OCH3 is 1. The lowest BCUT2D eigenvalue weighted by Gasteiger charge is -2.15. The van der Waals surface area contributed by atoms with Crippen molar-refractivity contribution < 1.29 is 19.0 Å². The highest BCUT2D eigenvalue weighted by Gasteiger charge is 2.16. The Labute approximate surface area is 132 Å². The van der Waals surface area contributed by atoms with E-state index in [1.807, 2.05) is 37.2 Å². The zero-order valence-corrected chi connectivity index (χ0v) is 13.8. The third kappa shape index (κ3) is 5.91. The molecule has 1 rings (SSSR count). The van der Waals surface area contributed by atoms with Crippen LogP contribution in [0.2, 0.25) is 0 Å². The standard InChI is InChI=1S/C16H26N2O4/c1-5-21-16(19)13(17)10-12-6-7-14(15(11-12)20-4)22-9-8-18(2)3/h6-7,11,13H,5,8-10,17H2,1-4H3. The van der Waals surface area contributed by atoms with Crippen molar-refractivity contribution in [2.45, 2.75) is 19.4 Å². The molecule has 0 saturated heterocycles. The quantitative estimate of drug-likeness (QED) is 0.688. The molecule has 0 fully saturated rings. The van der Waals surface area contributed by atoms with Gasteiger partial charge in [0.2, 0.25) is 0 Å². The Bertz CT molecular complexity index is 477. The van der Waals surface area contributed by atoms with Crippen molar-refractivity contribution in [3.63, 3.8) is 0 Å². The van der Waals surface area contributed by atoms with E-state index in [1.165, 1.54) is 0 Å². The van der Waals surface area contributed by atoms with Gasteiger partial charge < -0.3 is 24.8 Å². The third-order valence-electron chi connectivity index (χ3n) is 3.07. The Morgan fingerprint density at radius 1 is 1.32 bits per heavy atom. The molecule has 2 N–H and O–H groups in total. The van der Waals surface area contributed by atoms with E-state index in [9.17, 15) is 4.79 Å². The van der Waals surface area contributed by atoms with Crippen molar-refractivity contribution in [2.24, 2.45) is 5.73 Å². The predicted octanol–water partition coefficient (Wildman–Crippen LogP) is 1.07. The normalized spacial score (nSPS) is 12.1. The van der Waals surface area contributed by atoms with Gasteiger partial charge in [-0.25, -0.2) is 0 Å². The molecule has 0 amide bonds. The van der Waals surface area contributed by atoms with E-state index in [4.69, 9.17) is 19.9 Å². The van der Waals surface area contributed by atoms with Gasteiger partial charge in [0.15, 0.2) is 11.5 Å². The van der Waals surface area contributed by atoms with Crippen molar-refractivity contribution in [3.8, 4) is 11.5 Å². The van der Waals surface area contributed by atoms with Gasteiger partial charge in [0.25, 0.3) is 0 Å². The van der Waals surface area contributed by atoms with Gasteiger partial charge in [0, 0.05) is 6.54 Å². The number of benzene rings is 1. The number of rotatable bonds is 9. The van der Waals surface area contributed by atoms with E-state index >= 15 is 0 Å². The fourth-order valence-corrected chi connectivity index (χ4v) is 1.88. The molecule has 22 heavy (non-hydrogen) atoms. The summed E-state index contributed by atoms with van der Waals surface area (Å²) in [6, 6.07) is 4.88. The number of ether oxygens (including phenoxy) is 3. The Morgan fingerprint density at radius 2 is 2.05 bits per heavy atom. The van der Waals surface area contributed by atoms with E-state index < -0.39 is 12.0 Å². The summed E-state index contributed by atoms with van der Waals surface area (Å²) in [7, 11) is 5.56. The maximum Gasteiger partial charge on any atom is 0.323 e. The Hall–Kier alpha value is -1.79. The lowest BCUT2D eigenvalue weighted by atomic mass is 10.1. The van der Waals surface area contributed by atoms with Crippen LogP contribution in [0.25, 0.3) is 0 Å². The molecular weight excluding hydrogens is 284 g/mol. The summed E-state index contributed by atoms with van der Waals surface area (Å²) in [6.07, 6.45) is 0.396. The summed E-state index contributed by atoms with van der Waals surface area (Å²) >= 11 is 0. The highest BCUT2D eigenvalue weighted by molar-refractivity contribution is 5.75. The van der Waals surface area contributed by atoms with Gasteiger partial charge in [-0.2, -0.15) is 0 Å². The topological polar surface area (TPSA) is 74.0 Å². The number of hydrogen-bond acceptors (Lipinski definition) is 6. The summed E-state index contributed by atoms with van der Waals surface area (Å²) in [6.45, 7) is 3.48. The van der Waals surface area contributed by atoms with Gasteiger partial charge in [0.05, 0.1) is 13.7 Å². The number of nitrogens with zero attached hydrogens (tertiary/aromatic N) is 1. The van der Waals surface area contributed by atoms with Crippen LogP contribution in [0.15, 0.2) is 18.2 Å². The van der Waals surface area contributed by atoms with Gasteiger partial charge in [-0.3, -0.25) is 4.79 Å². The first-order chi connectivity index (χ1) is 10.5. The minimum absolute atomic E-state index is 0.328. The average molecular weight is 310 g/mol. The average Bonchev–Trinajstić information content (AvgIpc) is 2.48. The van der Waals surface area contributed by atoms with Crippen LogP contribution >= 0.6 is 0 Å². The van der Waals surface area contributed by atoms with E-state index in [1.54, 1.807) is 14.0 Å². The van der Waals surface area contributed by atoms with Crippen molar-refractivity contribution in [1.29, 1.82) is 0 Å². The number of esters is 1. The minimum Gasteiger partial charge on any atom is -0.493 e. The highest BCUT2D eigenvalue weighted by atomic mass is 16.5. The molecule has 1 atom stereocenters. The second-order valence-corrected chi connectivity index (χ2v) is 5.20. The molecule has 0 aliphatic heterocycles. The summed E-state index contributed by atoms with van der Waals surface area (Å²) < 4.78 is 15.9. The van der Waals surface area contributed by atoms with Crippen molar-refractivity contribution >= 4 is 5.97 Å². The summed E-state index contributed by atoms with van der Waals surface area (Å²) in [4.78, 5) is 13.6. The zero-order valence-electron chi connectivity index (χ0n) is 13.8. The van der Waals surface area contributed by atoms with Gasteiger partial charge in [-0.1, -0.05) is 6.07 Å². The zero-order chi connectivity index (χ0) is 16.5. The Morgan fingerprint density at radius 3 is 2.64 bits per heavy atom. The SMILES string of the molecule is CCOC(=O)C(N)Cc1ccc(OCCN(C)C)c(OC)c1. The largest absolute Gasteiger partial charge is 0.493 e. The van der Waals surface area contributed by atoms with Crippen molar-refractivity contribution in [1.82, 2.24) is 4.90 Å². The Balaban J connectivity index is 2.69. The second kappa shape index (κ2) is 9.27. The molecule has 0 saturated carbocycles. The third-order valence-corrected chi connectivity index (χ3v) is 3.07. The number of nitrogens with two attached hydrogens (primary N) is 1. The minimum atomic E-state index is -0.676. The summed E-state index contributed by atoms with van der Waals surface area (Å²) in [5.41, 5.74) is 6.73. The van der Waals surface area contributed by atoms with E-state index in [0.717, 1.165) is 12.1 Å². The molecule has 1 aromatic rings. The maximum atomic E-state index is 11.6. The van der Waals surface area contributed by atoms with Gasteiger partial charge in [0.1, 0.15) is 12.6 Å². The van der Waals surface area contributed by atoms with Crippen LogP contribution in [0.5, 0.6) is 11.5 Å². The van der Waals surface area contributed by atoms with Crippen molar-refractivity contribution in [2.75, 3.05) is 41.0 Å². The van der Waals surface area contributed by atoms with Crippen LogP contribution in [0.3, 0.4) is 0 Å². The first kappa shape index (κ1) is 18.3. The first-order valence-electron chi connectivity index (χ1n) is 7.34. The number of carbonyl (C=O) groups excluding carboxylic acids is 1. The lowest BCUT2D eigenvalue weighted by molar-refractivity contribution is -0.144. The summed E-state index contributed by atoms with van der Waals surface area (Å²) in [5.74, 6) is 0.915. The molecule has 0 aromatic heterocycles.